The fourth-order valence-electron chi connectivity index (χ4n) is 4.38. The first kappa shape index (κ1) is 32.6. The summed E-state index contributed by atoms with van der Waals surface area (Å²) < 4.78 is 26.8. The Kier molecular flexibility index (Phi) is 11.1. The number of carbonyl (C=O) groups is 2. The third-order valence-corrected chi connectivity index (χ3v) is 7.91. The van der Waals surface area contributed by atoms with Crippen molar-refractivity contribution in [3.63, 3.8) is 0 Å². The van der Waals surface area contributed by atoms with E-state index in [4.69, 9.17) is 11.6 Å². The summed E-state index contributed by atoms with van der Waals surface area (Å²) in [6.07, 6.45) is 1.10. The molecule has 0 saturated heterocycles. The van der Waals surface area contributed by atoms with E-state index >= 15 is 0 Å². The van der Waals surface area contributed by atoms with Crippen LogP contribution in [0.5, 0.6) is 0 Å². The number of rotatable bonds is 13. The van der Waals surface area contributed by atoms with Gasteiger partial charge >= 0.3 is 0 Å². The average Bonchev–Trinajstić information content (AvgIpc) is 2.92. The molecule has 0 aliphatic rings. The van der Waals surface area contributed by atoms with Crippen molar-refractivity contribution in [1.29, 1.82) is 0 Å². The number of non-ortho nitro benzene ring substituents is 1. The molecule has 0 fully saturated rings. The second-order valence-electron chi connectivity index (χ2n) is 10.5. The highest BCUT2D eigenvalue weighted by atomic mass is 35.5. The van der Waals surface area contributed by atoms with Gasteiger partial charge in [-0.3, -0.25) is 24.0 Å². The van der Waals surface area contributed by atoms with Gasteiger partial charge in [-0.1, -0.05) is 74.0 Å². The zero-order valence-corrected chi connectivity index (χ0v) is 25.6. The van der Waals surface area contributed by atoms with Gasteiger partial charge in [0.25, 0.3) is 5.69 Å². The molecule has 10 nitrogen and oxygen atoms in total. The van der Waals surface area contributed by atoms with Gasteiger partial charge < -0.3 is 10.2 Å². The van der Waals surface area contributed by atoms with Gasteiger partial charge in [-0.25, -0.2) is 8.42 Å². The van der Waals surface area contributed by atoms with E-state index in [9.17, 15) is 28.1 Å². The van der Waals surface area contributed by atoms with Gasteiger partial charge in [0.05, 0.1) is 16.9 Å². The molecule has 0 radical (unpaired) electrons. The summed E-state index contributed by atoms with van der Waals surface area (Å²) in [4.78, 5) is 39.9. The Bertz CT molecular complexity index is 1530. The summed E-state index contributed by atoms with van der Waals surface area (Å²) in [5.41, 5.74) is 1.56. The molecule has 2 amide bonds. The molecule has 12 heteroatoms. The largest absolute Gasteiger partial charge is 0.354 e. The molecule has 0 heterocycles. The highest BCUT2D eigenvalue weighted by Gasteiger charge is 2.33. The summed E-state index contributed by atoms with van der Waals surface area (Å²) in [7, 11) is -4.08. The van der Waals surface area contributed by atoms with E-state index in [0.29, 0.717) is 22.7 Å². The van der Waals surface area contributed by atoms with Crippen LogP contribution in [0.1, 0.15) is 30.5 Å². The average molecular weight is 615 g/mol. The monoisotopic (exact) mass is 614 g/mol. The van der Waals surface area contributed by atoms with Crippen LogP contribution in [-0.2, 0) is 32.6 Å². The first-order chi connectivity index (χ1) is 19.8. The van der Waals surface area contributed by atoms with Crippen LogP contribution in [0.4, 0.5) is 11.4 Å². The summed E-state index contributed by atoms with van der Waals surface area (Å²) in [6, 6.07) is 18.9. The second kappa shape index (κ2) is 14.3. The minimum atomic E-state index is -4.08. The van der Waals surface area contributed by atoms with E-state index < -0.39 is 33.4 Å². The van der Waals surface area contributed by atoms with Gasteiger partial charge in [0.15, 0.2) is 0 Å². The van der Waals surface area contributed by atoms with Gasteiger partial charge in [0.1, 0.15) is 12.6 Å². The van der Waals surface area contributed by atoms with Crippen molar-refractivity contribution in [3.8, 4) is 0 Å². The van der Waals surface area contributed by atoms with Crippen LogP contribution < -0.4 is 9.62 Å². The van der Waals surface area contributed by atoms with Gasteiger partial charge in [0.2, 0.25) is 21.8 Å². The van der Waals surface area contributed by atoms with Crippen LogP contribution in [0.25, 0.3) is 0 Å². The lowest BCUT2D eigenvalue weighted by atomic mass is 10.0. The Morgan fingerprint density at radius 2 is 1.67 bits per heavy atom. The van der Waals surface area contributed by atoms with Crippen LogP contribution in [-0.4, -0.2) is 55.4 Å². The molecule has 0 spiro atoms. The Hall–Kier alpha value is -3.96. The Labute approximate surface area is 251 Å². The smallest absolute Gasteiger partial charge is 0.271 e. The quantitative estimate of drug-likeness (QED) is 0.219. The number of halogens is 1. The first-order valence-electron chi connectivity index (χ1n) is 13.3. The summed E-state index contributed by atoms with van der Waals surface area (Å²) in [6.45, 7) is 5.18. The van der Waals surface area contributed by atoms with Crippen LogP contribution in [0.3, 0.4) is 0 Å². The number of hydrogen-bond donors (Lipinski definition) is 1. The van der Waals surface area contributed by atoms with Crippen molar-refractivity contribution in [3.05, 3.63) is 105 Å². The standard InChI is InChI=1S/C30H35ClN4O6S/c1-21(2)18-32-30(37)28(16-23-9-6-5-7-10-23)33(19-24-11-8-12-25(31)15-24)29(36)20-34(42(4,40)41)27-17-26(35(38)39)14-13-22(27)3/h5-15,17,21,28H,16,18-20H2,1-4H3,(H,32,37)/t28-/m1/s1. The van der Waals surface area contributed by atoms with E-state index in [-0.39, 0.29) is 36.2 Å². The summed E-state index contributed by atoms with van der Waals surface area (Å²) >= 11 is 6.22. The lowest BCUT2D eigenvalue weighted by Gasteiger charge is -2.34. The maximum absolute atomic E-state index is 14.1. The van der Waals surface area contributed by atoms with Crippen molar-refractivity contribution in [1.82, 2.24) is 10.2 Å². The minimum Gasteiger partial charge on any atom is -0.354 e. The third-order valence-electron chi connectivity index (χ3n) is 6.55. The van der Waals surface area contributed by atoms with Crippen molar-refractivity contribution < 1.29 is 22.9 Å². The van der Waals surface area contributed by atoms with E-state index in [1.165, 1.54) is 17.0 Å². The molecule has 3 aromatic carbocycles. The Morgan fingerprint density at radius 3 is 2.26 bits per heavy atom. The zero-order chi connectivity index (χ0) is 31.0. The van der Waals surface area contributed by atoms with E-state index in [0.717, 1.165) is 22.2 Å². The van der Waals surface area contributed by atoms with Gasteiger partial charge in [-0.2, -0.15) is 0 Å². The lowest BCUT2D eigenvalue weighted by Crippen LogP contribution is -2.53. The van der Waals surface area contributed by atoms with E-state index in [1.807, 2.05) is 44.2 Å². The SMILES string of the molecule is Cc1ccc([N+](=O)[O-])cc1N(CC(=O)N(Cc1cccc(Cl)c1)[C@H](Cc1ccccc1)C(=O)NCC(C)C)S(C)(=O)=O. The predicted molar refractivity (Wildman–Crippen MR) is 164 cm³/mol. The Balaban J connectivity index is 2.10. The predicted octanol–water partition coefficient (Wildman–Crippen LogP) is 4.73. The molecule has 0 aromatic heterocycles. The maximum Gasteiger partial charge on any atom is 0.271 e. The van der Waals surface area contributed by atoms with Crippen molar-refractivity contribution in [2.45, 2.75) is 39.8 Å². The zero-order valence-electron chi connectivity index (χ0n) is 24.0. The highest BCUT2D eigenvalue weighted by molar-refractivity contribution is 7.92. The molecule has 224 valence electrons. The fourth-order valence-corrected chi connectivity index (χ4v) is 5.50. The number of nitrogens with zero attached hydrogens (tertiary/aromatic N) is 3. The number of nitrogens with one attached hydrogen (secondary N) is 1. The lowest BCUT2D eigenvalue weighted by molar-refractivity contribution is -0.384. The fraction of sp³-hybridized carbons (Fsp3) is 0.333. The number of nitro groups is 1. The molecule has 1 atom stereocenters. The van der Waals surface area contributed by atoms with Gasteiger partial charge in [-0.05, 0) is 41.7 Å². The van der Waals surface area contributed by atoms with Crippen LogP contribution in [0.2, 0.25) is 5.02 Å². The van der Waals surface area contributed by atoms with Crippen molar-refractivity contribution in [2.75, 3.05) is 23.7 Å². The number of sulfonamides is 1. The first-order valence-corrected chi connectivity index (χ1v) is 15.6. The number of carbonyl (C=O) groups excluding carboxylic acids is 2. The number of anilines is 1. The normalized spacial score (nSPS) is 12.0. The molecule has 0 bridgehead atoms. The second-order valence-corrected chi connectivity index (χ2v) is 12.8. The van der Waals surface area contributed by atoms with Crippen molar-refractivity contribution >= 4 is 44.8 Å². The van der Waals surface area contributed by atoms with Gasteiger partial charge in [0, 0.05) is 36.7 Å². The minimum absolute atomic E-state index is 0.00613. The molecule has 42 heavy (non-hydrogen) atoms. The number of nitro benzene ring substituents is 1. The van der Waals surface area contributed by atoms with E-state index in [1.54, 1.807) is 31.2 Å². The number of amides is 2. The molecule has 3 rings (SSSR count). The number of hydrogen-bond acceptors (Lipinski definition) is 6. The van der Waals surface area contributed by atoms with Crippen LogP contribution in [0.15, 0.2) is 72.8 Å². The highest BCUT2D eigenvalue weighted by Crippen LogP contribution is 2.28. The molecule has 1 N–H and O–H groups in total. The van der Waals surface area contributed by atoms with E-state index in [2.05, 4.69) is 5.32 Å². The van der Waals surface area contributed by atoms with Gasteiger partial charge in [-0.15, -0.1) is 0 Å². The van der Waals surface area contributed by atoms with Crippen molar-refractivity contribution in [2.24, 2.45) is 5.92 Å². The molecule has 0 aliphatic heterocycles. The third kappa shape index (κ3) is 9.02. The van der Waals surface area contributed by atoms with Crippen LogP contribution >= 0.6 is 11.6 Å². The maximum atomic E-state index is 14.1. The Morgan fingerprint density at radius 1 is 1.00 bits per heavy atom. The molecule has 0 saturated carbocycles. The van der Waals surface area contributed by atoms with Crippen LogP contribution in [0, 0.1) is 23.0 Å². The topological polar surface area (TPSA) is 130 Å². The molecule has 0 aliphatic carbocycles. The molecular weight excluding hydrogens is 580 g/mol. The number of aryl methyl sites for hydroxylation is 1. The summed E-state index contributed by atoms with van der Waals surface area (Å²) in [5, 5.41) is 14.8. The summed E-state index contributed by atoms with van der Waals surface area (Å²) in [5.74, 6) is -0.895. The molecular formula is C30H35ClN4O6S. The number of benzene rings is 3. The molecule has 3 aromatic rings. The molecule has 0 unspecified atom stereocenters.